The van der Waals surface area contributed by atoms with Gasteiger partial charge in [0.1, 0.15) is 6.04 Å². The third-order valence-corrected chi connectivity index (χ3v) is 13.2. The molecule has 1 aliphatic heterocycles. The number of sulfonamides is 1. The summed E-state index contributed by atoms with van der Waals surface area (Å²) in [6.07, 6.45) is 11.8. The lowest BCUT2D eigenvalue weighted by molar-refractivity contribution is -0.131. The van der Waals surface area contributed by atoms with E-state index in [2.05, 4.69) is 31.3 Å². The summed E-state index contributed by atoms with van der Waals surface area (Å²) in [5, 5.41) is 13.4. The predicted molar refractivity (Wildman–Crippen MR) is 224 cm³/mol. The molecular formula is C38H63N9O10S2. The van der Waals surface area contributed by atoms with Gasteiger partial charge >= 0.3 is 0 Å². The average molecular weight is 870 g/mol. The van der Waals surface area contributed by atoms with Gasteiger partial charge in [0.25, 0.3) is 0 Å². The van der Waals surface area contributed by atoms with Crippen LogP contribution in [-0.4, -0.2) is 151 Å². The van der Waals surface area contributed by atoms with E-state index < -0.39 is 46.2 Å². The third kappa shape index (κ3) is 17.7. The van der Waals surface area contributed by atoms with Crippen LogP contribution in [0.1, 0.15) is 57.8 Å². The van der Waals surface area contributed by atoms with Crippen molar-refractivity contribution in [3.63, 3.8) is 0 Å². The van der Waals surface area contributed by atoms with E-state index >= 15 is 0 Å². The number of amides is 6. The lowest BCUT2D eigenvalue weighted by atomic mass is 9.80. The van der Waals surface area contributed by atoms with Crippen LogP contribution in [0.5, 0.6) is 0 Å². The van der Waals surface area contributed by atoms with E-state index in [4.69, 9.17) is 20.9 Å². The summed E-state index contributed by atoms with van der Waals surface area (Å²) in [5.41, 5.74) is 12.2. The molecular weight excluding hydrogens is 807 g/mol. The molecule has 1 saturated heterocycles. The number of likely N-dealkylation sites (N-methyl/N-ethyl adjacent to an activating group) is 1. The Morgan fingerprint density at radius 3 is 2.34 bits per heavy atom. The summed E-state index contributed by atoms with van der Waals surface area (Å²) < 4.78 is 39.9. The fourth-order valence-corrected chi connectivity index (χ4v) is 9.88. The molecule has 21 heteroatoms. The molecule has 0 spiro atoms. The number of carbonyl (C=O) groups excluding carboxylic acids is 6. The van der Waals surface area contributed by atoms with Gasteiger partial charge in [-0.25, -0.2) is 13.1 Å². The van der Waals surface area contributed by atoms with Crippen LogP contribution in [0, 0.1) is 5.92 Å². The molecule has 1 fully saturated rings. The van der Waals surface area contributed by atoms with Gasteiger partial charge in [0.2, 0.25) is 46.0 Å². The number of thioether (sulfide) groups is 1. The highest BCUT2D eigenvalue weighted by molar-refractivity contribution is 8.00. The van der Waals surface area contributed by atoms with Gasteiger partial charge in [-0.3, -0.25) is 28.8 Å². The van der Waals surface area contributed by atoms with Crippen molar-refractivity contribution in [2.75, 3.05) is 72.5 Å². The summed E-state index contributed by atoms with van der Waals surface area (Å²) in [6.45, 7) is 0.949. The van der Waals surface area contributed by atoms with Crippen molar-refractivity contribution < 1.29 is 46.7 Å². The maximum absolute atomic E-state index is 13.3. The molecule has 6 atom stereocenters. The molecule has 0 bridgehead atoms. The summed E-state index contributed by atoms with van der Waals surface area (Å²) in [6, 6.07) is -1.20. The van der Waals surface area contributed by atoms with Crippen LogP contribution in [0.25, 0.3) is 0 Å². The number of primary amides is 1. The lowest BCUT2D eigenvalue weighted by Crippen LogP contribution is -2.49. The van der Waals surface area contributed by atoms with Gasteiger partial charge in [-0.15, -0.1) is 0 Å². The molecule has 0 aromatic rings. The van der Waals surface area contributed by atoms with Crippen molar-refractivity contribution in [2.24, 2.45) is 17.4 Å². The predicted octanol–water partition coefficient (Wildman–Crippen LogP) is -1.73. The van der Waals surface area contributed by atoms with E-state index in [-0.39, 0.29) is 92.3 Å². The molecule has 3 rings (SSSR count). The van der Waals surface area contributed by atoms with Crippen molar-refractivity contribution in [3.8, 4) is 0 Å². The van der Waals surface area contributed by atoms with Crippen molar-refractivity contribution in [2.45, 2.75) is 87.2 Å². The first-order valence-electron chi connectivity index (χ1n) is 20.1. The third-order valence-electron chi connectivity index (χ3n) is 10.1. The van der Waals surface area contributed by atoms with E-state index in [9.17, 15) is 37.2 Å². The zero-order valence-corrected chi connectivity index (χ0v) is 35.7. The Morgan fingerprint density at radius 2 is 1.66 bits per heavy atom. The first kappa shape index (κ1) is 49.5. The van der Waals surface area contributed by atoms with Crippen molar-refractivity contribution >= 4 is 57.7 Å². The van der Waals surface area contributed by atoms with E-state index in [1.165, 1.54) is 0 Å². The minimum atomic E-state index is -3.92. The topological polar surface area (TPSA) is 282 Å². The van der Waals surface area contributed by atoms with Crippen LogP contribution in [0.4, 0.5) is 0 Å². The zero-order valence-electron chi connectivity index (χ0n) is 34.1. The summed E-state index contributed by atoms with van der Waals surface area (Å²) >= 11 is 1.76. The SMILES string of the molecule is CN(C)C1C=CC=C2C(S(=O)(=O)NCCC(=O)NC(CCC(N)=O)C(=O)NCC(=O)NCCOCCOCCNC(=O)CCCC[C@@H]3SC[C@H](NC=O)[C@@H]3N)=CCCC21. The van der Waals surface area contributed by atoms with Crippen LogP contribution in [0.2, 0.25) is 0 Å². The number of carbonyl (C=O) groups is 6. The Bertz CT molecular complexity index is 1630. The quantitative estimate of drug-likeness (QED) is 0.0307. The van der Waals surface area contributed by atoms with Gasteiger partial charge in [0.15, 0.2) is 0 Å². The maximum Gasteiger partial charge on any atom is 0.243 e. The van der Waals surface area contributed by atoms with Crippen LogP contribution < -0.4 is 42.8 Å². The number of unbranched alkanes of at least 4 members (excludes halogenated alkanes) is 1. The number of ether oxygens (including phenoxy) is 2. The van der Waals surface area contributed by atoms with Gasteiger partial charge in [0, 0.05) is 67.9 Å². The second-order valence-electron chi connectivity index (χ2n) is 14.7. The zero-order chi connectivity index (χ0) is 43.2. The number of allylic oxidation sites excluding steroid dienone is 4. The normalized spacial score (nSPS) is 21.7. The molecule has 3 aliphatic rings. The van der Waals surface area contributed by atoms with Gasteiger partial charge < -0.3 is 52.4 Å². The highest BCUT2D eigenvalue weighted by atomic mass is 32.2. The van der Waals surface area contributed by atoms with E-state index in [1.54, 1.807) is 17.8 Å². The Labute approximate surface area is 351 Å². The number of nitrogens with zero attached hydrogens (tertiary/aromatic N) is 1. The largest absolute Gasteiger partial charge is 0.377 e. The van der Waals surface area contributed by atoms with Gasteiger partial charge in [-0.1, -0.05) is 30.7 Å². The highest BCUT2D eigenvalue weighted by Gasteiger charge is 2.36. The smallest absolute Gasteiger partial charge is 0.243 e. The van der Waals surface area contributed by atoms with Crippen LogP contribution in [0.3, 0.4) is 0 Å². The van der Waals surface area contributed by atoms with Crippen LogP contribution in [0.15, 0.2) is 34.8 Å². The summed E-state index contributed by atoms with van der Waals surface area (Å²) in [4.78, 5) is 74.4. The summed E-state index contributed by atoms with van der Waals surface area (Å²) in [7, 11) is -0.0275. The molecule has 6 amide bonds. The molecule has 0 aromatic carbocycles. The van der Waals surface area contributed by atoms with Gasteiger partial charge in [0.05, 0.1) is 43.9 Å². The first-order valence-corrected chi connectivity index (χ1v) is 22.6. The van der Waals surface area contributed by atoms with Crippen molar-refractivity contribution in [1.82, 2.24) is 36.2 Å². The fourth-order valence-electron chi connectivity index (χ4n) is 6.96. The van der Waals surface area contributed by atoms with Crippen LogP contribution >= 0.6 is 11.8 Å². The molecule has 0 saturated carbocycles. The summed E-state index contributed by atoms with van der Waals surface area (Å²) in [5.74, 6) is -1.76. The minimum Gasteiger partial charge on any atom is -0.377 e. The molecule has 59 heavy (non-hydrogen) atoms. The maximum atomic E-state index is 13.3. The molecule has 0 aromatic heterocycles. The number of hydrogen-bond donors (Lipinski definition) is 8. The van der Waals surface area contributed by atoms with E-state index in [0.29, 0.717) is 32.4 Å². The second kappa shape index (κ2) is 26.4. The number of nitrogens with two attached hydrogens (primary N) is 2. The highest BCUT2D eigenvalue weighted by Crippen LogP contribution is 2.38. The Balaban J connectivity index is 1.23. The second-order valence-corrected chi connectivity index (χ2v) is 17.7. The Hall–Kier alpha value is -3.86. The fraction of sp³-hybridized carbons (Fsp3) is 0.684. The number of rotatable bonds is 29. The van der Waals surface area contributed by atoms with Crippen LogP contribution in [-0.2, 0) is 48.3 Å². The Kier molecular flexibility index (Phi) is 22.1. The minimum absolute atomic E-state index is 0.00143. The van der Waals surface area contributed by atoms with Crippen molar-refractivity contribution in [3.05, 3.63) is 34.8 Å². The average Bonchev–Trinajstić information content (AvgIpc) is 3.54. The molecule has 0 radical (unpaired) electrons. The molecule has 10 N–H and O–H groups in total. The number of hydrogen-bond acceptors (Lipinski definition) is 13. The first-order chi connectivity index (χ1) is 28.2. The Morgan fingerprint density at radius 1 is 0.949 bits per heavy atom. The van der Waals surface area contributed by atoms with Gasteiger partial charge in [-0.05, 0) is 51.8 Å². The number of nitrogens with one attached hydrogen (secondary N) is 6. The molecule has 1 heterocycles. The molecule has 3 unspecified atom stereocenters. The van der Waals surface area contributed by atoms with E-state index in [1.807, 2.05) is 37.2 Å². The monoisotopic (exact) mass is 869 g/mol. The standard InChI is InChI=1S/C38H63N9O10S2/c1-47(2)30-9-5-8-27-26(30)7-6-11-32(27)59(54,55)45-16-15-35(51)46-28(13-14-33(39)49)38(53)43-23-36(52)42-18-20-57-22-21-56-19-17-41-34(50)12-4-3-10-31-37(40)29(24-58-31)44-25-48/h5,8-9,11,25-26,28-31,37,45H,3-4,6-7,10,12-24,40H2,1-2H3,(H2,39,49)(H,41,50)(H,42,52)(H,43,53)(H,44,48)(H,46,51)/t26?,28?,29-,30?,31-,37-/m0/s1. The molecule has 19 nitrogen and oxygen atoms in total. The molecule has 332 valence electrons. The number of fused-ring (bicyclic) bond motifs is 1. The lowest BCUT2D eigenvalue weighted by Gasteiger charge is -2.36. The van der Waals surface area contributed by atoms with E-state index in [0.717, 1.165) is 37.0 Å². The van der Waals surface area contributed by atoms with Gasteiger partial charge in [-0.2, -0.15) is 11.8 Å². The molecule has 2 aliphatic carbocycles. The van der Waals surface area contributed by atoms with Crippen molar-refractivity contribution in [1.29, 1.82) is 0 Å².